The summed E-state index contributed by atoms with van der Waals surface area (Å²) in [6, 6.07) is 0.599. The van der Waals surface area contributed by atoms with Gasteiger partial charge in [-0.2, -0.15) is 0 Å². The van der Waals surface area contributed by atoms with Crippen molar-refractivity contribution in [2.75, 3.05) is 26.7 Å². The molecule has 0 bridgehead atoms. The van der Waals surface area contributed by atoms with E-state index in [1.54, 1.807) is 0 Å². The topological polar surface area (TPSA) is 15.3 Å². The Morgan fingerprint density at radius 1 is 1.38 bits per heavy atom. The standard InChI is InChI=1S/C11H24N2/c1-5-6-7-9-13(4)10-8-12-11(2)3/h5,11-12H,1,6-10H2,2-4H3. The first-order valence-corrected chi connectivity index (χ1v) is 5.19. The molecular formula is C11H24N2. The fourth-order valence-corrected chi connectivity index (χ4v) is 1.16. The minimum Gasteiger partial charge on any atom is -0.313 e. The molecule has 0 saturated heterocycles. The van der Waals surface area contributed by atoms with Crippen LogP contribution in [-0.2, 0) is 0 Å². The Bertz CT molecular complexity index is 121. The number of hydrogen-bond acceptors (Lipinski definition) is 2. The van der Waals surface area contributed by atoms with E-state index in [1.165, 1.54) is 13.0 Å². The van der Waals surface area contributed by atoms with E-state index in [0.717, 1.165) is 19.5 Å². The van der Waals surface area contributed by atoms with Crippen molar-refractivity contribution in [1.82, 2.24) is 10.2 Å². The summed E-state index contributed by atoms with van der Waals surface area (Å²) in [4.78, 5) is 2.36. The fraction of sp³-hybridized carbons (Fsp3) is 0.818. The molecule has 0 unspecified atom stereocenters. The third-order valence-corrected chi connectivity index (χ3v) is 1.99. The maximum Gasteiger partial charge on any atom is 0.0104 e. The highest BCUT2D eigenvalue weighted by molar-refractivity contribution is 4.67. The molecule has 1 N–H and O–H groups in total. The molecule has 0 amide bonds. The van der Waals surface area contributed by atoms with Crippen LogP contribution in [0.1, 0.15) is 26.7 Å². The van der Waals surface area contributed by atoms with Crippen LogP contribution < -0.4 is 5.32 Å². The van der Waals surface area contributed by atoms with Gasteiger partial charge in [0, 0.05) is 19.1 Å². The number of unbranched alkanes of at least 4 members (excludes halogenated alkanes) is 1. The minimum atomic E-state index is 0.599. The van der Waals surface area contributed by atoms with E-state index in [0.29, 0.717) is 6.04 Å². The molecule has 0 spiro atoms. The van der Waals surface area contributed by atoms with Crippen molar-refractivity contribution in [2.24, 2.45) is 0 Å². The summed E-state index contributed by atoms with van der Waals surface area (Å²) < 4.78 is 0. The van der Waals surface area contributed by atoms with E-state index >= 15 is 0 Å². The summed E-state index contributed by atoms with van der Waals surface area (Å²) >= 11 is 0. The molecular weight excluding hydrogens is 160 g/mol. The van der Waals surface area contributed by atoms with Crippen LogP contribution in [0.2, 0.25) is 0 Å². The van der Waals surface area contributed by atoms with Gasteiger partial charge < -0.3 is 10.2 Å². The van der Waals surface area contributed by atoms with E-state index in [4.69, 9.17) is 0 Å². The summed E-state index contributed by atoms with van der Waals surface area (Å²) in [7, 11) is 2.17. The monoisotopic (exact) mass is 184 g/mol. The summed E-state index contributed by atoms with van der Waals surface area (Å²) in [5.41, 5.74) is 0. The largest absolute Gasteiger partial charge is 0.313 e. The zero-order valence-electron chi connectivity index (χ0n) is 9.34. The Morgan fingerprint density at radius 2 is 2.08 bits per heavy atom. The molecule has 0 heterocycles. The average Bonchev–Trinajstić information content (AvgIpc) is 2.04. The summed E-state index contributed by atoms with van der Waals surface area (Å²) in [6.45, 7) is 11.5. The van der Waals surface area contributed by atoms with Gasteiger partial charge in [0.1, 0.15) is 0 Å². The van der Waals surface area contributed by atoms with Gasteiger partial charge in [-0.25, -0.2) is 0 Å². The van der Waals surface area contributed by atoms with E-state index in [9.17, 15) is 0 Å². The van der Waals surface area contributed by atoms with Gasteiger partial charge >= 0.3 is 0 Å². The Morgan fingerprint density at radius 3 is 2.62 bits per heavy atom. The highest BCUT2D eigenvalue weighted by Crippen LogP contribution is 1.92. The SMILES string of the molecule is C=CCCCN(C)CCNC(C)C. The molecule has 2 nitrogen and oxygen atoms in total. The van der Waals surface area contributed by atoms with Gasteiger partial charge in [0.15, 0.2) is 0 Å². The molecule has 0 aromatic carbocycles. The van der Waals surface area contributed by atoms with Gasteiger partial charge in [-0.15, -0.1) is 6.58 Å². The second kappa shape index (κ2) is 8.27. The summed E-state index contributed by atoms with van der Waals surface area (Å²) in [5, 5.41) is 3.40. The van der Waals surface area contributed by atoms with Crippen molar-refractivity contribution < 1.29 is 0 Å². The number of nitrogens with one attached hydrogen (secondary N) is 1. The molecule has 0 atom stereocenters. The molecule has 0 fully saturated rings. The van der Waals surface area contributed by atoms with Crippen LogP contribution >= 0.6 is 0 Å². The van der Waals surface area contributed by atoms with Crippen molar-refractivity contribution in [3.8, 4) is 0 Å². The predicted octanol–water partition coefficient (Wildman–Crippen LogP) is 1.88. The molecule has 0 aromatic rings. The smallest absolute Gasteiger partial charge is 0.0104 e. The van der Waals surface area contributed by atoms with Crippen molar-refractivity contribution in [3.05, 3.63) is 12.7 Å². The van der Waals surface area contributed by atoms with Gasteiger partial charge in [0.05, 0.1) is 0 Å². The lowest BCUT2D eigenvalue weighted by Crippen LogP contribution is -2.33. The van der Waals surface area contributed by atoms with Gasteiger partial charge in [-0.3, -0.25) is 0 Å². The third-order valence-electron chi connectivity index (χ3n) is 1.99. The molecule has 78 valence electrons. The maximum absolute atomic E-state index is 3.71. The van der Waals surface area contributed by atoms with Crippen LogP contribution in [0.15, 0.2) is 12.7 Å². The van der Waals surface area contributed by atoms with Crippen LogP contribution in [0.4, 0.5) is 0 Å². The van der Waals surface area contributed by atoms with Crippen LogP contribution in [0, 0.1) is 0 Å². The lowest BCUT2D eigenvalue weighted by atomic mass is 10.3. The Balaban J connectivity index is 3.19. The Labute approximate surface area is 83.0 Å². The van der Waals surface area contributed by atoms with E-state index < -0.39 is 0 Å². The fourth-order valence-electron chi connectivity index (χ4n) is 1.16. The Kier molecular flexibility index (Phi) is 8.05. The molecule has 0 aromatic heterocycles. The highest BCUT2D eigenvalue weighted by Gasteiger charge is 1.97. The van der Waals surface area contributed by atoms with Gasteiger partial charge in [-0.1, -0.05) is 19.9 Å². The highest BCUT2D eigenvalue weighted by atomic mass is 15.1. The quantitative estimate of drug-likeness (QED) is 0.458. The van der Waals surface area contributed by atoms with E-state index in [2.05, 4.69) is 37.7 Å². The van der Waals surface area contributed by atoms with Crippen LogP contribution in [0.5, 0.6) is 0 Å². The molecule has 0 rings (SSSR count). The van der Waals surface area contributed by atoms with Crippen molar-refractivity contribution >= 4 is 0 Å². The molecule has 0 aliphatic heterocycles. The number of hydrogen-bond donors (Lipinski definition) is 1. The molecule has 0 aliphatic rings. The third kappa shape index (κ3) is 9.57. The van der Waals surface area contributed by atoms with Crippen LogP contribution in [-0.4, -0.2) is 37.6 Å². The maximum atomic E-state index is 3.71. The van der Waals surface area contributed by atoms with Gasteiger partial charge in [0.2, 0.25) is 0 Å². The summed E-state index contributed by atoms with van der Waals surface area (Å²) in [6.07, 6.45) is 4.34. The van der Waals surface area contributed by atoms with Gasteiger partial charge in [0.25, 0.3) is 0 Å². The normalized spacial score (nSPS) is 11.2. The second-order valence-corrected chi connectivity index (χ2v) is 3.84. The number of nitrogens with zero attached hydrogens (tertiary/aromatic N) is 1. The minimum absolute atomic E-state index is 0.599. The first-order valence-electron chi connectivity index (χ1n) is 5.19. The van der Waals surface area contributed by atoms with E-state index in [1.807, 2.05) is 6.08 Å². The number of rotatable bonds is 8. The average molecular weight is 184 g/mol. The lowest BCUT2D eigenvalue weighted by Gasteiger charge is -2.17. The van der Waals surface area contributed by atoms with Crippen molar-refractivity contribution in [1.29, 1.82) is 0 Å². The molecule has 13 heavy (non-hydrogen) atoms. The Hall–Kier alpha value is -0.340. The second-order valence-electron chi connectivity index (χ2n) is 3.84. The zero-order chi connectivity index (χ0) is 10.1. The zero-order valence-corrected chi connectivity index (χ0v) is 9.34. The van der Waals surface area contributed by atoms with Crippen molar-refractivity contribution in [3.63, 3.8) is 0 Å². The molecule has 0 aliphatic carbocycles. The summed E-state index contributed by atoms with van der Waals surface area (Å²) in [5.74, 6) is 0. The van der Waals surface area contributed by atoms with Crippen LogP contribution in [0.3, 0.4) is 0 Å². The lowest BCUT2D eigenvalue weighted by molar-refractivity contribution is 0.323. The molecule has 2 heteroatoms. The predicted molar refractivity (Wildman–Crippen MR) is 60.1 cm³/mol. The number of likely N-dealkylation sites (N-methyl/N-ethyl adjacent to an activating group) is 1. The first kappa shape index (κ1) is 12.7. The first-order chi connectivity index (χ1) is 6.16. The van der Waals surface area contributed by atoms with E-state index in [-0.39, 0.29) is 0 Å². The van der Waals surface area contributed by atoms with Crippen molar-refractivity contribution in [2.45, 2.75) is 32.7 Å². The van der Waals surface area contributed by atoms with Crippen LogP contribution in [0.25, 0.3) is 0 Å². The van der Waals surface area contributed by atoms with Gasteiger partial charge in [-0.05, 0) is 26.4 Å². The molecule has 0 saturated carbocycles. The molecule has 0 radical (unpaired) electrons. The number of allylic oxidation sites excluding steroid dienone is 1.